The Labute approximate surface area is 136 Å². The minimum absolute atomic E-state index is 0.208. The van der Waals surface area contributed by atoms with Crippen molar-refractivity contribution < 1.29 is 9.53 Å². The van der Waals surface area contributed by atoms with Crippen molar-refractivity contribution in [3.8, 4) is 5.75 Å². The molecule has 0 aromatic heterocycles. The van der Waals surface area contributed by atoms with Crippen LogP contribution in [0.4, 0.5) is 5.69 Å². The summed E-state index contributed by atoms with van der Waals surface area (Å²) < 4.78 is 6.19. The van der Waals surface area contributed by atoms with Gasteiger partial charge in [-0.15, -0.1) is 0 Å². The fourth-order valence-electron chi connectivity index (χ4n) is 1.70. The molecular formula is C15H14BrClN2O2. The second kappa shape index (κ2) is 7.33. The van der Waals surface area contributed by atoms with E-state index in [0.29, 0.717) is 39.6 Å². The summed E-state index contributed by atoms with van der Waals surface area (Å²) in [6, 6.07) is 12.2. The van der Waals surface area contributed by atoms with Gasteiger partial charge in [-0.2, -0.15) is 0 Å². The van der Waals surface area contributed by atoms with E-state index in [1.54, 1.807) is 30.3 Å². The number of rotatable bonds is 5. The Morgan fingerprint density at radius 3 is 2.86 bits per heavy atom. The lowest BCUT2D eigenvalue weighted by molar-refractivity contribution is 0.0946. The monoisotopic (exact) mass is 368 g/mol. The number of nitrogen functional groups attached to an aromatic ring is 1. The van der Waals surface area contributed by atoms with E-state index in [-0.39, 0.29) is 5.91 Å². The lowest BCUT2D eigenvalue weighted by atomic mass is 10.2. The largest absolute Gasteiger partial charge is 0.492 e. The summed E-state index contributed by atoms with van der Waals surface area (Å²) in [5, 5.41) is 3.28. The predicted molar refractivity (Wildman–Crippen MR) is 87.8 cm³/mol. The van der Waals surface area contributed by atoms with E-state index in [4.69, 9.17) is 22.1 Å². The minimum Gasteiger partial charge on any atom is -0.492 e. The fourth-order valence-corrected chi connectivity index (χ4v) is 2.30. The van der Waals surface area contributed by atoms with Crippen LogP contribution in [0.25, 0.3) is 0 Å². The first-order valence-electron chi connectivity index (χ1n) is 6.28. The van der Waals surface area contributed by atoms with Crippen molar-refractivity contribution in [2.75, 3.05) is 18.9 Å². The Balaban J connectivity index is 1.83. The van der Waals surface area contributed by atoms with E-state index in [9.17, 15) is 4.79 Å². The summed E-state index contributed by atoms with van der Waals surface area (Å²) in [4.78, 5) is 12.0. The molecule has 0 bridgehead atoms. The van der Waals surface area contributed by atoms with Crippen LogP contribution in [0.2, 0.25) is 5.02 Å². The molecule has 0 saturated heterocycles. The summed E-state index contributed by atoms with van der Waals surface area (Å²) >= 11 is 9.20. The van der Waals surface area contributed by atoms with Crippen molar-refractivity contribution in [3.63, 3.8) is 0 Å². The molecule has 0 spiro atoms. The molecule has 0 fully saturated rings. The molecule has 21 heavy (non-hydrogen) atoms. The van der Waals surface area contributed by atoms with Gasteiger partial charge in [-0.05, 0) is 46.3 Å². The van der Waals surface area contributed by atoms with Gasteiger partial charge in [0.2, 0.25) is 0 Å². The van der Waals surface area contributed by atoms with E-state index in [0.717, 1.165) is 0 Å². The molecule has 0 aliphatic carbocycles. The van der Waals surface area contributed by atoms with E-state index in [1.165, 1.54) is 0 Å². The second-order valence-electron chi connectivity index (χ2n) is 4.30. The molecule has 0 saturated carbocycles. The summed E-state index contributed by atoms with van der Waals surface area (Å²) in [6.45, 7) is 0.736. The Morgan fingerprint density at radius 2 is 2.10 bits per heavy atom. The molecule has 2 rings (SSSR count). The van der Waals surface area contributed by atoms with Crippen LogP contribution >= 0.6 is 27.5 Å². The smallest absolute Gasteiger partial charge is 0.252 e. The maximum Gasteiger partial charge on any atom is 0.252 e. The molecule has 1 amide bonds. The number of nitrogens with two attached hydrogens (primary N) is 1. The van der Waals surface area contributed by atoms with E-state index in [1.807, 2.05) is 12.1 Å². The highest BCUT2D eigenvalue weighted by Gasteiger charge is 2.10. The molecule has 2 aromatic carbocycles. The number of hydrogen-bond donors (Lipinski definition) is 2. The second-order valence-corrected chi connectivity index (χ2v) is 5.59. The number of nitrogens with one attached hydrogen (secondary N) is 1. The Hall–Kier alpha value is -1.72. The third-order valence-corrected chi connectivity index (χ3v) is 3.61. The van der Waals surface area contributed by atoms with Gasteiger partial charge in [0, 0.05) is 21.2 Å². The number of anilines is 1. The molecule has 0 aliphatic rings. The zero-order valence-corrected chi connectivity index (χ0v) is 13.4. The average Bonchev–Trinajstić information content (AvgIpc) is 2.46. The van der Waals surface area contributed by atoms with Gasteiger partial charge in [-0.1, -0.05) is 17.7 Å². The van der Waals surface area contributed by atoms with E-state index >= 15 is 0 Å². The minimum atomic E-state index is -0.208. The Kier molecular flexibility index (Phi) is 5.47. The third-order valence-electron chi connectivity index (χ3n) is 2.69. The number of halogens is 2. The third kappa shape index (κ3) is 4.65. The highest BCUT2D eigenvalue weighted by atomic mass is 79.9. The fraction of sp³-hybridized carbons (Fsp3) is 0.133. The van der Waals surface area contributed by atoms with Gasteiger partial charge in [-0.25, -0.2) is 0 Å². The summed E-state index contributed by atoms with van der Waals surface area (Å²) in [5.74, 6) is 0.466. The van der Waals surface area contributed by atoms with Crippen LogP contribution in [0, 0.1) is 0 Å². The van der Waals surface area contributed by atoms with Gasteiger partial charge in [0.05, 0.1) is 12.1 Å². The number of amides is 1. The predicted octanol–water partition coefficient (Wildman–Crippen LogP) is 3.49. The van der Waals surface area contributed by atoms with Gasteiger partial charge in [0.15, 0.2) is 0 Å². The maximum atomic E-state index is 12.0. The standard InChI is InChI=1S/C15H14BrClN2O2/c16-14-5-4-10(17)8-13(14)15(20)19-6-7-21-12-3-1-2-11(18)9-12/h1-5,8-9H,6-7,18H2,(H,19,20). The Morgan fingerprint density at radius 1 is 1.29 bits per heavy atom. The number of ether oxygens (including phenoxy) is 1. The molecule has 110 valence electrons. The first-order valence-corrected chi connectivity index (χ1v) is 7.45. The number of carbonyl (C=O) groups excluding carboxylic acids is 1. The van der Waals surface area contributed by atoms with Crippen molar-refractivity contribution in [2.24, 2.45) is 0 Å². The molecule has 0 heterocycles. The topological polar surface area (TPSA) is 64.3 Å². The van der Waals surface area contributed by atoms with Crippen LogP contribution in [0.5, 0.6) is 5.75 Å². The van der Waals surface area contributed by atoms with Crippen molar-refractivity contribution >= 4 is 39.1 Å². The van der Waals surface area contributed by atoms with Gasteiger partial charge >= 0.3 is 0 Å². The zero-order chi connectivity index (χ0) is 15.2. The highest BCUT2D eigenvalue weighted by Crippen LogP contribution is 2.21. The molecule has 3 N–H and O–H groups in total. The lowest BCUT2D eigenvalue weighted by Gasteiger charge is -2.09. The molecule has 0 atom stereocenters. The average molecular weight is 370 g/mol. The highest BCUT2D eigenvalue weighted by molar-refractivity contribution is 9.10. The summed E-state index contributed by atoms with van der Waals surface area (Å²) in [7, 11) is 0. The van der Waals surface area contributed by atoms with E-state index < -0.39 is 0 Å². The normalized spacial score (nSPS) is 10.2. The first kappa shape index (κ1) is 15.7. The first-order chi connectivity index (χ1) is 10.1. The number of hydrogen-bond acceptors (Lipinski definition) is 3. The molecule has 2 aromatic rings. The summed E-state index contributed by atoms with van der Waals surface area (Å²) in [5.41, 5.74) is 6.78. The molecule has 4 nitrogen and oxygen atoms in total. The van der Waals surface area contributed by atoms with Gasteiger partial charge in [0.1, 0.15) is 12.4 Å². The lowest BCUT2D eigenvalue weighted by Crippen LogP contribution is -2.28. The molecule has 6 heteroatoms. The van der Waals surface area contributed by atoms with Crippen molar-refractivity contribution in [2.45, 2.75) is 0 Å². The molecular weight excluding hydrogens is 356 g/mol. The van der Waals surface area contributed by atoms with Crippen LogP contribution in [0.3, 0.4) is 0 Å². The Bertz CT molecular complexity index is 649. The van der Waals surface area contributed by atoms with Crippen molar-refractivity contribution in [1.82, 2.24) is 5.32 Å². The van der Waals surface area contributed by atoms with E-state index in [2.05, 4.69) is 21.2 Å². The zero-order valence-electron chi connectivity index (χ0n) is 11.1. The summed E-state index contributed by atoms with van der Waals surface area (Å²) in [6.07, 6.45) is 0. The molecule has 0 radical (unpaired) electrons. The van der Waals surface area contributed by atoms with Gasteiger partial charge in [-0.3, -0.25) is 4.79 Å². The molecule has 0 aliphatic heterocycles. The van der Waals surface area contributed by atoms with Crippen molar-refractivity contribution in [1.29, 1.82) is 0 Å². The van der Waals surface area contributed by atoms with Crippen molar-refractivity contribution in [3.05, 3.63) is 57.5 Å². The maximum absolute atomic E-state index is 12.0. The van der Waals surface area contributed by atoms with Crippen LogP contribution < -0.4 is 15.8 Å². The van der Waals surface area contributed by atoms with Gasteiger partial charge < -0.3 is 15.8 Å². The van der Waals surface area contributed by atoms with Crippen LogP contribution in [-0.2, 0) is 0 Å². The van der Waals surface area contributed by atoms with Gasteiger partial charge in [0.25, 0.3) is 5.91 Å². The quantitative estimate of drug-likeness (QED) is 0.626. The number of carbonyl (C=O) groups is 1. The number of benzene rings is 2. The SMILES string of the molecule is Nc1cccc(OCCNC(=O)c2cc(Cl)ccc2Br)c1. The molecule has 0 unspecified atom stereocenters. The van der Waals surface area contributed by atoms with Crippen LogP contribution in [0.1, 0.15) is 10.4 Å². The van der Waals surface area contributed by atoms with Crippen LogP contribution in [-0.4, -0.2) is 19.1 Å². The van der Waals surface area contributed by atoms with Crippen LogP contribution in [0.15, 0.2) is 46.9 Å².